The number of hydrogen-bond donors (Lipinski definition) is 2. The lowest BCUT2D eigenvalue weighted by molar-refractivity contribution is -0.122. The van der Waals surface area contributed by atoms with E-state index >= 15 is 0 Å². The Balaban J connectivity index is 1.27. The molecule has 0 aromatic heterocycles. The summed E-state index contributed by atoms with van der Waals surface area (Å²) in [5.74, 6) is -0.750. The van der Waals surface area contributed by atoms with E-state index in [0.29, 0.717) is 39.1 Å². The number of epoxide rings is 2. The van der Waals surface area contributed by atoms with E-state index in [-0.39, 0.29) is 48.8 Å². The second-order valence-corrected chi connectivity index (χ2v) is 12.7. The highest BCUT2D eigenvalue weighted by molar-refractivity contribution is 5.92. The van der Waals surface area contributed by atoms with Crippen molar-refractivity contribution in [1.29, 1.82) is 0 Å². The maximum Gasteiger partial charge on any atom is 0.413 e. The van der Waals surface area contributed by atoms with Gasteiger partial charge in [-0.15, -0.1) is 0 Å². The molecule has 3 saturated heterocycles. The van der Waals surface area contributed by atoms with E-state index < -0.39 is 29.8 Å². The van der Waals surface area contributed by atoms with Crippen LogP contribution in [0.5, 0.6) is 0 Å². The Morgan fingerprint density at radius 1 is 1.16 bits per heavy atom. The van der Waals surface area contributed by atoms with Gasteiger partial charge in [0.1, 0.15) is 30.0 Å². The molecule has 4 fully saturated rings. The lowest BCUT2D eigenvalue weighted by atomic mass is 9.68. The van der Waals surface area contributed by atoms with Crippen LogP contribution in [0.2, 0.25) is 0 Å². The summed E-state index contributed by atoms with van der Waals surface area (Å²) in [4.78, 5) is 52.1. The van der Waals surface area contributed by atoms with Crippen molar-refractivity contribution in [3.8, 4) is 0 Å². The molecule has 1 aliphatic carbocycles. The summed E-state index contributed by atoms with van der Waals surface area (Å²) < 4.78 is 29.6. The summed E-state index contributed by atoms with van der Waals surface area (Å²) in [5.41, 5.74) is 0.501. The van der Waals surface area contributed by atoms with Crippen molar-refractivity contribution in [2.24, 2.45) is 5.92 Å². The Morgan fingerprint density at radius 3 is 2.56 bits per heavy atom. The molecule has 0 aromatic carbocycles. The van der Waals surface area contributed by atoms with Crippen LogP contribution < -0.4 is 10.6 Å². The highest BCUT2D eigenvalue weighted by Gasteiger charge is 2.72. The van der Waals surface area contributed by atoms with Gasteiger partial charge in [-0.05, 0) is 59.9 Å². The van der Waals surface area contributed by atoms with E-state index in [1.807, 2.05) is 0 Å². The van der Waals surface area contributed by atoms with E-state index in [1.165, 1.54) is 12.5 Å². The fourth-order valence-corrected chi connectivity index (χ4v) is 6.63. The van der Waals surface area contributed by atoms with Gasteiger partial charge in [0.2, 0.25) is 11.8 Å². The summed E-state index contributed by atoms with van der Waals surface area (Å²) in [6.45, 7) is 9.55. The molecule has 0 radical (unpaired) electrons. The Morgan fingerprint density at radius 2 is 1.91 bits per heavy atom. The third kappa shape index (κ3) is 8.25. The van der Waals surface area contributed by atoms with Crippen LogP contribution in [0.15, 0.2) is 11.6 Å². The first kappa shape index (κ1) is 33.2. The van der Waals surface area contributed by atoms with Crippen molar-refractivity contribution in [2.45, 2.75) is 95.4 Å². The van der Waals surface area contributed by atoms with Gasteiger partial charge in [0.25, 0.3) is 0 Å². The van der Waals surface area contributed by atoms with E-state index in [9.17, 15) is 19.2 Å². The van der Waals surface area contributed by atoms with Crippen LogP contribution in [0.3, 0.4) is 0 Å². The Labute approximate surface area is 253 Å². The van der Waals surface area contributed by atoms with Crippen molar-refractivity contribution in [1.82, 2.24) is 20.4 Å². The van der Waals surface area contributed by atoms with Gasteiger partial charge in [0.15, 0.2) is 0 Å². The highest BCUT2D eigenvalue weighted by atomic mass is 16.6. The number of allylic oxidation sites excluding steroid dienone is 1. The summed E-state index contributed by atoms with van der Waals surface area (Å²) in [7, 11) is 3.35. The molecule has 4 rings (SSSR count). The van der Waals surface area contributed by atoms with Crippen LogP contribution in [0.4, 0.5) is 9.59 Å². The van der Waals surface area contributed by atoms with E-state index in [2.05, 4.69) is 37.5 Å². The molecule has 3 unspecified atom stereocenters. The van der Waals surface area contributed by atoms with Crippen LogP contribution in [-0.2, 0) is 33.3 Å². The van der Waals surface area contributed by atoms with E-state index in [4.69, 9.17) is 23.7 Å². The monoisotopic (exact) mass is 608 g/mol. The molecule has 4 amide bonds. The van der Waals surface area contributed by atoms with Crippen molar-refractivity contribution in [2.75, 3.05) is 53.6 Å². The molecular weight excluding hydrogens is 560 g/mol. The lowest BCUT2D eigenvalue weighted by Gasteiger charge is -2.43. The third-order valence-electron chi connectivity index (χ3n) is 9.03. The maximum atomic E-state index is 13.4. The zero-order valence-corrected chi connectivity index (χ0v) is 26.3. The molecule has 43 heavy (non-hydrogen) atoms. The molecular formula is C30H48N4O9. The molecule has 0 aromatic rings. The van der Waals surface area contributed by atoms with Gasteiger partial charge in [-0.25, -0.2) is 9.59 Å². The first-order valence-electron chi connectivity index (χ1n) is 15.2. The van der Waals surface area contributed by atoms with Gasteiger partial charge in [-0.1, -0.05) is 11.6 Å². The second kappa shape index (κ2) is 13.9. The largest absolute Gasteiger partial charge is 0.447 e. The number of nitrogens with zero attached hydrogens (tertiary/aromatic N) is 2. The minimum Gasteiger partial charge on any atom is -0.447 e. The maximum absolute atomic E-state index is 13.4. The summed E-state index contributed by atoms with van der Waals surface area (Å²) in [6, 6.07) is -0.357. The number of likely N-dealkylation sites (tertiary alicyclic amines) is 1. The first-order chi connectivity index (χ1) is 20.4. The molecule has 4 aliphatic rings. The minimum absolute atomic E-state index is 0.0360. The molecule has 13 nitrogen and oxygen atoms in total. The van der Waals surface area contributed by atoms with Crippen LogP contribution >= 0.6 is 0 Å². The zero-order valence-electron chi connectivity index (χ0n) is 26.3. The van der Waals surface area contributed by atoms with E-state index in [0.717, 1.165) is 19.3 Å². The minimum atomic E-state index is -0.870. The van der Waals surface area contributed by atoms with Gasteiger partial charge in [-0.2, -0.15) is 0 Å². The third-order valence-corrected chi connectivity index (χ3v) is 9.03. The number of hydrogen-bond acceptors (Lipinski definition) is 10. The predicted octanol–water partition coefficient (Wildman–Crippen LogP) is 1.98. The van der Waals surface area contributed by atoms with Crippen LogP contribution in [0.25, 0.3) is 0 Å². The fraction of sp³-hybridized carbons (Fsp3) is 0.800. The smallest absolute Gasteiger partial charge is 0.413 e. The average molecular weight is 609 g/mol. The Bertz CT molecular complexity index is 1080. The predicted molar refractivity (Wildman–Crippen MR) is 155 cm³/mol. The van der Waals surface area contributed by atoms with Gasteiger partial charge in [0, 0.05) is 33.7 Å². The second-order valence-electron chi connectivity index (χ2n) is 12.7. The van der Waals surface area contributed by atoms with Crippen LogP contribution in [0, 0.1) is 5.92 Å². The van der Waals surface area contributed by atoms with E-state index in [1.54, 1.807) is 24.0 Å². The number of rotatable bonds is 12. The summed E-state index contributed by atoms with van der Waals surface area (Å²) in [5, 5.41) is 4.85. The standard InChI is InChI=1S/C30H48N4O9/c1-19(2)9-10-23-29(4,43-23)26-25(39-6)22(11-12-30(26)18-41-30)42-28(38)34-14-7-8-21(34)17-40-27(37)32-24(36)16-33(5)15-13-31-20(3)35/h9,21-23,25-26H,7-8,10-18H2,1-6H3,(H,31,35)(H,32,36,37)/t21-,22?,23+,25?,26?,29-,30-/m0/s1. The molecule has 3 aliphatic heterocycles. The number of carbonyl (C=O) groups is 4. The Hall–Kier alpha value is -2.74. The molecule has 7 atom stereocenters. The highest BCUT2D eigenvalue weighted by Crippen LogP contribution is 2.59. The Kier molecular flexibility index (Phi) is 10.7. The van der Waals surface area contributed by atoms with Gasteiger partial charge >= 0.3 is 12.2 Å². The lowest BCUT2D eigenvalue weighted by Crippen LogP contribution is -2.56. The SMILES string of the molecule is COC1C(OC(=O)N2CCC[C@H]2COC(=O)NC(=O)CN(C)CCNC(C)=O)CC[C@]2(CO2)C1[C@@]1(C)O[C@@H]1CC=C(C)C. The number of imide groups is 1. The number of ether oxygens (including phenoxy) is 5. The zero-order chi connectivity index (χ0) is 31.4. The molecule has 242 valence electrons. The number of methoxy groups -OCH3 is 1. The quantitative estimate of drug-likeness (QED) is 0.249. The normalized spacial score (nSPS) is 32.7. The van der Waals surface area contributed by atoms with Crippen molar-refractivity contribution < 1.29 is 42.9 Å². The van der Waals surface area contributed by atoms with Gasteiger partial charge in [-0.3, -0.25) is 19.8 Å². The number of likely N-dealkylation sites (N-methyl/N-ethyl adjacent to an activating group) is 1. The summed E-state index contributed by atoms with van der Waals surface area (Å²) >= 11 is 0. The van der Waals surface area contributed by atoms with Crippen molar-refractivity contribution in [3.63, 3.8) is 0 Å². The van der Waals surface area contributed by atoms with Crippen LogP contribution in [-0.4, -0.2) is 123 Å². The molecule has 13 heteroatoms. The summed E-state index contributed by atoms with van der Waals surface area (Å²) in [6.07, 6.45) is 3.64. The van der Waals surface area contributed by atoms with Crippen LogP contribution in [0.1, 0.15) is 59.8 Å². The number of amides is 4. The average Bonchev–Trinajstić information content (AvgIpc) is 3.78. The molecule has 2 N–H and O–H groups in total. The van der Waals surface area contributed by atoms with Crippen molar-refractivity contribution in [3.05, 3.63) is 11.6 Å². The molecule has 1 saturated carbocycles. The molecule has 1 spiro atoms. The van der Waals surface area contributed by atoms with Crippen molar-refractivity contribution >= 4 is 24.0 Å². The topological polar surface area (TPSA) is 152 Å². The number of carbonyl (C=O) groups excluding carboxylic acids is 4. The molecule has 0 bridgehead atoms. The molecule has 3 heterocycles. The fourth-order valence-electron chi connectivity index (χ4n) is 6.63. The van der Waals surface area contributed by atoms with Gasteiger partial charge < -0.3 is 33.9 Å². The first-order valence-corrected chi connectivity index (χ1v) is 15.2. The number of alkyl carbamates (subject to hydrolysis) is 1. The number of nitrogens with one attached hydrogen (secondary N) is 2. The van der Waals surface area contributed by atoms with Gasteiger partial charge in [0.05, 0.1) is 31.2 Å².